The summed E-state index contributed by atoms with van der Waals surface area (Å²) in [6.45, 7) is 4.17. The van der Waals surface area contributed by atoms with Crippen molar-refractivity contribution in [2.24, 2.45) is 0 Å². The molecule has 0 aliphatic rings. The van der Waals surface area contributed by atoms with Gasteiger partial charge in [0.05, 0.1) is 29.0 Å². The van der Waals surface area contributed by atoms with Gasteiger partial charge < -0.3 is 20.8 Å². The Bertz CT molecular complexity index is 1090. The number of hydrogen-bond donors (Lipinski definition) is 4. The van der Waals surface area contributed by atoms with Gasteiger partial charge in [-0.2, -0.15) is 4.31 Å². The van der Waals surface area contributed by atoms with Gasteiger partial charge in [-0.15, -0.1) is 11.3 Å². The van der Waals surface area contributed by atoms with Crippen molar-refractivity contribution in [1.29, 1.82) is 0 Å². The summed E-state index contributed by atoms with van der Waals surface area (Å²) in [4.78, 5) is 28.2. The maximum absolute atomic E-state index is 13.4. The van der Waals surface area contributed by atoms with E-state index in [1.165, 1.54) is 14.0 Å². The zero-order valence-corrected chi connectivity index (χ0v) is 22.0. The minimum Gasteiger partial charge on any atom is -0.392 e. The lowest BCUT2D eigenvalue weighted by molar-refractivity contribution is -0.127. The van der Waals surface area contributed by atoms with Crippen LogP contribution in [-0.4, -0.2) is 78.1 Å². The van der Waals surface area contributed by atoms with Gasteiger partial charge in [0.15, 0.2) is 4.21 Å². The van der Waals surface area contributed by atoms with Crippen LogP contribution in [0.15, 0.2) is 34.5 Å². The number of nitrogens with one attached hydrogen (secondary N) is 2. The first-order valence-corrected chi connectivity index (χ1v) is 13.5. The van der Waals surface area contributed by atoms with E-state index >= 15 is 0 Å². The highest BCUT2D eigenvalue weighted by molar-refractivity contribution is 7.91. The van der Waals surface area contributed by atoms with Crippen LogP contribution in [0.25, 0.3) is 0 Å². The van der Waals surface area contributed by atoms with Crippen molar-refractivity contribution in [3.63, 3.8) is 0 Å². The van der Waals surface area contributed by atoms with Crippen LogP contribution in [0.4, 0.5) is 0 Å². The number of rotatable bonds is 13. The molecule has 12 heteroatoms. The number of aliphatic hydroxyl groups excluding tert-OH is 2. The Morgan fingerprint density at radius 3 is 2.26 bits per heavy atom. The molecule has 0 saturated heterocycles. The highest BCUT2D eigenvalue weighted by Gasteiger charge is 2.33. The van der Waals surface area contributed by atoms with Crippen molar-refractivity contribution in [1.82, 2.24) is 19.9 Å². The van der Waals surface area contributed by atoms with Gasteiger partial charge in [0.2, 0.25) is 11.8 Å². The summed E-state index contributed by atoms with van der Waals surface area (Å²) in [5.41, 5.74) is 1.18. The molecule has 2 aromatic rings. The van der Waals surface area contributed by atoms with Crippen LogP contribution in [0.2, 0.25) is 0 Å². The standard InChI is InChI=1S/C23H34N4O6S2/c1-15(28)13-27(35(32,33)23-16(2)25-17(3)34-23)14-20(29)19(12-18-8-6-5-7-9-18)26-22(31)11-10-21(30)24-4/h5-9,15,19-20,28-29H,10-14H2,1-4H3,(H,24,30)(H,26,31)/t15-,19?,20?/m1/s1. The molecule has 2 unspecified atom stereocenters. The molecule has 0 aliphatic carbocycles. The van der Waals surface area contributed by atoms with E-state index in [0.29, 0.717) is 10.7 Å². The number of sulfonamides is 1. The fourth-order valence-electron chi connectivity index (χ4n) is 3.55. The topological polar surface area (TPSA) is 149 Å². The van der Waals surface area contributed by atoms with Gasteiger partial charge in [-0.1, -0.05) is 30.3 Å². The van der Waals surface area contributed by atoms with Gasteiger partial charge in [-0.25, -0.2) is 13.4 Å². The van der Waals surface area contributed by atoms with E-state index in [4.69, 9.17) is 0 Å². The van der Waals surface area contributed by atoms with Gasteiger partial charge in [-0.3, -0.25) is 9.59 Å². The molecule has 0 saturated carbocycles. The zero-order valence-electron chi connectivity index (χ0n) is 20.4. The average Bonchev–Trinajstić information content (AvgIpc) is 3.15. The Morgan fingerprint density at radius 1 is 1.09 bits per heavy atom. The lowest BCUT2D eigenvalue weighted by Gasteiger charge is -2.30. The second-order valence-electron chi connectivity index (χ2n) is 8.38. The van der Waals surface area contributed by atoms with E-state index < -0.39 is 34.2 Å². The molecule has 0 fully saturated rings. The number of benzene rings is 1. The van der Waals surface area contributed by atoms with Gasteiger partial charge in [0.25, 0.3) is 10.0 Å². The number of carbonyl (C=O) groups excluding carboxylic acids is 2. The van der Waals surface area contributed by atoms with Crippen molar-refractivity contribution < 1.29 is 28.2 Å². The Labute approximate surface area is 210 Å². The fraction of sp³-hybridized carbons (Fsp3) is 0.522. The highest BCUT2D eigenvalue weighted by Crippen LogP contribution is 2.27. The molecule has 2 rings (SSSR count). The first-order chi connectivity index (χ1) is 16.4. The summed E-state index contributed by atoms with van der Waals surface area (Å²) in [7, 11) is -2.58. The summed E-state index contributed by atoms with van der Waals surface area (Å²) < 4.78 is 27.9. The monoisotopic (exact) mass is 526 g/mol. The smallest absolute Gasteiger partial charge is 0.254 e. The second-order valence-corrected chi connectivity index (χ2v) is 11.7. The number of hydrogen-bond acceptors (Lipinski definition) is 8. The van der Waals surface area contributed by atoms with Gasteiger partial charge in [0.1, 0.15) is 0 Å². The first-order valence-electron chi connectivity index (χ1n) is 11.3. The SMILES string of the molecule is CNC(=O)CCC(=O)NC(Cc1ccccc1)C(O)CN(C[C@@H](C)O)S(=O)(=O)c1sc(C)nc1C. The number of aryl methyl sites for hydroxylation is 2. The van der Waals surface area contributed by atoms with Crippen LogP contribution in [0.3, 0.4) is 0 Å². The zero-order chi connectivity index (χ0) is 26.2. The Hall–Kier alpha value is -2.38. The quantitative estimate of drug-likeness (QED) is 0.301. The Balaban J connectivity index is 2.28. The van der Waals surface area contributed by atoms with Crippen LogP contribution in [0, 0.1) is 13.8 Å². The molecule has 0 aliphatic heterocycles. The van der Waals surface area contributed by atoms with Crippen molar-refractivity contribution in [2.75, 3.05) is 20.1 Å². The molecule has 1 aromatic carbocycles. The van der Waals surface area contributed by atoms with Gasteiger partial charge >= 0.3 is 0 Å². The van der Waals surface area contributed by atoms with Crippen LogP contribution < -0.4 is 10.6 Å². The van der Waals surface area contributed by atoms with Crippen molar-refractivity contribution in [3.8, 4) is 0 Å². The fourth-order valence-corrected chi connectivity index (χ4v) is 6.71. The third kappa shape index (κ3) is 8.65. The Kier molecular flexibility index (Phi) is 10.8. The van der Waals surface area contributed by atoms with Crippen molar-refractivity contribution >= 4 is 33.2 Å². The maximum atomic E-state index is 13.4. The van der Waals surface area contributed by atoms with Crippen molar-refractivity contribution in [3.05, 3.63) is 46.6 Å². The summed E-state index contributed by atoms with van der Waals surface area (Å²) >= 11 is 1.03. The van der Waals surface area contributed by atoms with E-state index in [9.17, 15) is 28.2 Å². The number of nitrogens with zero attached hydrogens (tertiary/aromatic N) is 2. The predicted molar refractivity (Wildman–Crippen MR) is 133 cm³/mol. The molecule has 10 nitrogen and oxygen atoms in total. The number of aromatic nitrogens is 1. The molecule has 0 bridgehead atoms. The molecule has 194 valence electrons. The van der Waals surface area contributed by atoms with E-state index in [0.717, 1.165) is 21.2 Å². The molecule has 0 spiro atoms. The van der Waals surface area contributed by atoms with Crippen LogP contribution >= 0.6 is 11.3 Å². The second kappa shape index (κ2) is 13.1. The van der Waals surface area contributed by atoms with Crippen LogP contribution in [-0.2, 0) is 26.0 Å². The average molecular weight is 527 g/mol. The Morgan fingerprint density at radius 2 is 1.71 bits per heavy atom. The molecule has 1 heterocycles. The molecule has 4 N–H and O–H groups in total. The predicted octanol–water partition coefficient (Wildman–Crippen LogP) is 0.746. The first kappa shape index (κ1) is 28.9. The van der Waals surface area contributed by atoms with E-state index in [1.807, 2.05) is 30.3 Å². The van der Waals surface area contributed by atoms with Gasteiger partial charge in [-0.05, 0) is 32.8 Å². The minimum absolute atomic E-state index is 0.0109. The maximum Gasteiger partial charge on any atom is 0.254 e. The summed E-state index contributed by atoms with van der Waals surface area (Å²) in [6.07, 6.45) is -2.12. The molecular formula is C23H34N4O6S2. The van der Waals surface area contributed by atoms with Crippen molar-refractivity contribution in [2.45, 2.75) is 62.5 Å². The number of aliphatic hydroxyl groups is 2. The molecular weight excluding hydrogens is 492 g/mol. The summed E-state index contributed by atoms with van der Waals surface area (Å²) in [6, 6.07) is 8.34. The van der Waals surface area contributed by atoms with Crippen LogP contribution in [0.5, 0.6) is 0 Å². The lowest BCUT2D eigenvalue weighted by Crippen LogP contribution is -2.51. The van der Waals surface area contributed by atoms with Crippen LogP contribution in [0.1, 0.15) is 36.0 Å². The molecule has 0 radical (unpaired) electrons. The minimum atomic E-state index is -4.06. The molecule has 3 atom stereocenters. The number of amides is 2. The van der Waals surface area contributed by atoms with E-state index in [-0.39, 0.29) is 42.5 Å². The number of carbonyl (C=O) groups is 2. The molecule has 1 aromatic heterocycles. The molecule has 35 heavy (non-hydrogen) atoms. The normalized spacial score (nSPS) is 14.4. The van der Waals surface area contributed by atoms with E-state index in [2.05, 4.69) is 15.6 Å². The van der Waals surface area contributed by atoms with Gasteiger partial charge in [0, 0.05) is 33.0 Å². The third-order valence-electron chi connectivity index (χ3n) is 5.26. The molecule has 2 amide bonds. The third-order valence-corrected chi connectivity index (χ3v) is 8.75. The summed E-state index contributed by atoms with van der Waals surface area (Å²) in [5.74, 6) is -0.725. The number of thiazole rings is 1. The largest absolute Gasteiger partial charge is 0.392 e. The van der Waals surface area contributed by atoms with E-state index in [1.54, 1.807) is 13.8 Å². The highest BCUT2D eigenvalue weighted by atomic mass is 32.2. The summed E-state index contributed by atoms with van der Waals surface area (Å²) in [5, 5.41) is 26.9. The lowest BCUT2D eigenvalue weighted by atomic mass is 10.0.